The van der Waals surface area contributed by atoms with Crippen molar-refractivity contribution < 1.29 is 9.59 Å². The molecule has 1 heterocycles. The Balaban J connectivity index is 1.67. The molecular formula is C20H20ClN3O2S. The summed E-state index contributed by atoms with van der Waals surface area (Å²) in [5, 5.41) is 3.50. The molecule has 1 saturated heterocycles. The zero-order valence-electron chi connectivity index (χ0n) is 15.3. The average molecular weight is 402 g/mol. The van der Waals surface area contributed by atoms with Crippen LogP contribution in [0.3, 0.4) is 0 Å². The van der Waals surface area contributed by atoms with Crippen molar-refractivity contribution in [3.05, 3.63) is 58.6 Å². The number of carbonyl (C=O) groups excluding carboxylic acids is 2. The number of amidine groups is 1. The van der Waals surface area contributed by atoms with E-state index in [0.717, 1.165) is 16.8 Å². The molecule has 0 bridgehead atoms. The molecular weight excluding hydrogens is 382 g/mol. The molecule has 7 heteroatoms. The number of amides is 2. The molecule has 0 saturated carbocycles. The van der Waals surface area contributed by atoms with E-state index in [1.54, 1.807) is 19.2 Å². The number of nitrogens with one attached hydrogen (secondary N) is 1. The molecule has 0 aliphatic carbocycles. The van der Waals surface area contributed by atoms with Crippen molar-refractivity contribution in [2.45, 2.75) is 25.5 Å². The molecule has 1 unspecified atom stereocenters. The van der Waals surface area contributed by atoms with E-state index in [1.165, 1.54) is 16.7 Å². The Morgan fingerprint density at radius 2 is 2.04 bits per heavy atom. The normalized spacial score (nSPS) is 18.2. The van der Waals surface area contributed by atoms with Crippen LogP contribution in [0.1, 0.15) is 17.5 Å². The van der Waals surface area contributed by atoms with E-state index >= 15 is 0 Å². The van der Waals surface area contributed by atoms with Gasteiger partial charge in [-0.2, -0.15) is 0 Å². The number of aryl methyl sites for hydroxylation is 2. The van der Waals surface area contributed by atoms with Crippen molar-refractivity contribution >= 4 is 51.7 Å². The Labute approximate surface area is 167 Å². The first-order chi connectivity index (χ1) is 12.8. The first kappa shape index (κ1) is 19.5. The smallest absolute Gasteiger partial charge is 0.242 e. The number of halogens is 1. The number of thioether (sulfide) groups is 1. The van der Waals surface area contributed by atoms with Gasteiger partial charge in [0, 0.05) is 24.2 Å². The van der Waals surface area contributed by atoms with Gasteiger partial charge in [-0.15, -0.1) is 0 Å². The lowest BCUT2D eigenvalue weighted by Crippen LogP contribution is -2.30. The quantitative estimate of drug-likeness (QED) is 0.817. The van der Waals surface area contributed by atoms with E-state index in [2.05, 4.69) is 10.3 Å². The number of aliphatic imine (C=N–C) groups is 1. The molecule has 3 rings (SSSR count). The van der Waals surface area contributed by atoms with Gasteiger partial charge >= 0.3 is 0 Å². The Hall–Kier alpha value is -2.31. The SMILES string of the molecule is Cc1cccc(N=C2SC(CC(=O)Nc3ccc(C)c(Cl)c3)C(=O)N2C)c1. The number of carbonyl (C=O) groups is 2. The van der Waals surface area contributed by atoms with Gasteiger partial charge in [0.15, 0.2) is 5.17 Å². The maximum Gasteiger partial charge on any atom is 0.242 e. The van der Waals surface area contributed by atoms with Gasteiger partial charge in [-0.25, -0.2) is 4.99 Å². The summed E-state index contributed by atoms with van der Waals surface area (Å²) in [5.74, 6) is -0.352. The molecule has 1 N–H and O–H groups in total. The van der Waals surface area contributed by atoms with E-state index in [4.69, 9.17) is 11.6 Å². The molecule has 1 aliphatic rings. The summed E-state index contributed by atoms with van der Waals surface area (Å²) >= 11 is 7.40. The van der Waals surface area contributed by atoms with Crippen molar-refractivity contribution in [2.24, 2.45) is 4.99 Å². The minimum absolute atomic E-state index is 0.0756. The minimum atomic E-state index is -0.487. The Kier molecular flexibility index (Phi) is 5.87. The maximum atomic E-state index is 12.5. The van der Waals surface area contributed by atoms with Crippen LogP contribution in [0.25, 0.3) is 0 Å². The third kappa shape index (κ3) is 4.70. The van der Waals surface area contributed by atoms with Gasteiger partial charge in [-0.3, -0.25) is 14.5 Å². The maximum absolute atomic E-state index is 12.5. The van der Waals surface area contributed by atoms with Crippen LogP contribution in [0, 0.1) is 13.8 Å². The highest BCUT2D eigenvalue weighted by molar-refractivity contribution is 8.15. The lowest BCUT2D eigenvalue weighted by atomic mass is 10.2. The van der Waals surface area contributed by atoms with Gasteiger partial charge in [-0.1, -0.05) is 41.6 Å². The van der Waals surface area contributed by atoms with Gasteiger partial charge in [0.25, 0.3) is 0 Å². The van der Waals surface area contributed by atoms with E-state index in [1.807, 2.05) is 44.2 Å². The summed E-state index contributed by atoms with van der Waals surface area (Å²) in [6, 6.07) is 13.1. The number of rotatable bonds is 4. The molecule has 140 valence electrons. The van der Waals surface area contributed by atoms with Crippen LogP contribution in [-0.2, 0) is 9.59 Å². The van der Waals surface area contributed by atoms with Crippen LogP contribution in [-0.4, -0.2) is 34.2 Å². The first-order valence-corrected chi connectivity index (χ1v) is 9.75. The summed E-state index contributed by atoms with van der Waals surface area (Å²) < 4.78 is 0. The molecule has 1 fully saturated rings. The Morgan fingerprint density at radius 1 is 1.26 bits per heavy atom. The highest BCUT2D eigenvalue weighted by atomic mass is 35.5. The van der Waals surface area contributed by atoms with Crippen molar-refractivity contribution in [3.63, 3.8) is 0 Å². The molecule has 2 aromatic rings. The van der Waals surface area contributed by atoms with Crippen LogP contribution >= 0.6 is 23.4 Å². The second kappa shape index (κ2) is 8.15. The molecule has 5 nitrogen and oxygen atoms in total. The van der Waals surface area contributed by atoms with Gasteiger partial charge in [0.1, 0.15) is 5.25 Å². The zero-order chi connectivity index (χ0) is 19.6. The number of benzene rings is 2. The zero-order valence-corrected chi connectivity index (χ0v) is 16.9. The lowest BCUT2D eigenvalue weighted by molar-refractivity contribution is -0.127. The van der Waals surface area contributed by atoms with Crippen molar-refractivity contribution in [1.82, 2.24) is 4.90 Å². The van der Waals surface area contributed by atoms with E-state index in [9.17, 15) is 9.59 Å². The summed E-state index contributed by atoms with van der Waals surface area (Å²) in [7, 11) is 1.68. The van der Waals surface area contributed by atoms with Crippen LogP contribution in [0.2, 0.25) is 5.02 Å². The monoisotopic (exact) mass is 401 g/mol. The van der Waals surface area contributed by atoms with Crippen molar-refractivity contribution in [2.75, 3.05) is 12.4 Å². The summed E-state index contributed by atoms with van der Waals surface area (Å²) in [6.45, 7) is 3.89. The molecule has 0 spiro atoms. The summed E-state index contributed by atoms with van der Waals surface area (Å²) in [5.41, 5.74) is 3.45. The lowest BCUT2D eigenvalue weighted by Gasteiger charge is -2.10. The predicted octanol–water partition coefficient (Wildman–Crippen LogP) is 4.55. The number of anilines is 1. The topological polar surface area (TPSA) is 61.8 Å². The summed E-state index contributed by atoms with van der Waals surface area (Å²) in [4.78, 5) is 30.9. The van der Waals surface area contributed by atoms with Crippen LogP contribution in [0.5, 0.6) is 0 Å². The number of hydrogen-bond acceptors (Lipinski definition) is 4. The fraction of sp³-hybridized carbons (Fsp3) is 0.250. The Morgan fingerprint density at radius 3 is 2.74 bits per heavy atom. The summed E-state index contributed by atoms with van der Waals surface area (Å²) in [6.07, 6.45) is 0.0756. The molecule has 1 aliphatic heterocycles. The molecule has 2 amide bonds. The predicted molar refractivity (Wildman–Crippen MR) is 112 cm³/mol. The molecule has 0 radical (unpaired) electrons. The van der Waals surface area contributed by atoms with Gasteiger partial charge in [0.05, 0.1) is 5.69 Å². The van der Waals surface area contributed by atoms with E-state index in [-0.39, 0.29) is 18.2 Å². The van der Waals surface area contributed by atoms with Crippen LogP contribution in [0.15, 0.2) is 47.5 Å². The second-order valence-electron chi connectivity index (χ2n) is 6.45. The van der Waals surface area contributed by atoms with Gasteiger partial charge < -0.3 is 5.32 Å². The van der Waals surface area contributed by atoms with Crippen molar-refractivity contribution in [3.8, 4) is 0 Å². The highest BCUT2D eigenvalue weighted by Gasteiger charge is 2.37. The van der Waals surface area contributed by atoms with E-state index in [0.29, 0.717) is 15.9 Å². The van der Waals surface area contributed by atoms with Crippen LogP contribution < -0.4 is 5.32 Å². The molecule has 2 aromatic carbocycles. The fourth-order valence-electron chi connectivity index (χ4n) is 2.66. The van der Waals surface area contributed by atoms with E-state index < -0.39 is 5.25 Å². The first-order valence-electron chi connectivity index (χ1n) is 8.49. The molecule has 27 heavy (non-hydrogen) atoms. The molecule has 0 aromatic heterocycles. The average Bonchev–Trinajstić information content (AvgIpc) is 2.86. The Bertz CT molecular complexity index is 929. The second-order valence-corrected chi connectivity index (χ2v) is 8.03. The van der Waals surface area contributed by atoms with Crippen LogP contribution in [0.4, 0.5) is 11.4 Å². The molecule has 1 atom stereocenters. The number of nitrogens with zero attached hydrogens (tertiary/aromatic N) is 2. The third-order valence-corrected chi connectivity index (χ3v) is 5.83. The highest BCUT2D eigenvalue weighted by Crippen LogP contribution is 2.31. The van der Waals surface area contributed by atoms with Gasteiger partial charge in [0.2, 0.25) is 11.8 Å². The third-order valence-electron chi connectivity index (χ3n) is 4.19. The standard InChI is InChI=1S/C20H20ClN3O2S/c1-12-5-4-6-14(9-12)23-20-24(3)19(26)17(27-20)11-18(25)22-15-8-7-13(2)16(21)10-15/h4-10,17H,11H2,1-3H3,(H,22,25). The van der Waals surface area contributed by atoms with Gasteiger partial charge in [-0.05, 0) is 49.2 Å². The number of hydrogen-bond donors (Lipinski definition) is 1. The van der Waals surface area contributed by atoms with Crippen molar-refractivity contribution in [1.29, 1.82) is 0 Å². The minimum Gasteiger partial charge on any atom is -0.326 e. The largest absolute Gasteiger partial charge is 0.326 e. The fourth-order valence-corrected chi connectivity index (χ4v) is 3.99.